The number of fused-ring (bicyclic) bond motifs is 2. The highest BCUT2D eigenvalue weighted by molar-refractivity contribution is 5.40. The number of aromatic nitrogens is 2. The van der Waals surface area contributed by atoms with Crippen LogP contribution >= 0.6 is 0 Å². The minimum Gasteiger partial charge on any atom is -0.379 e. The average molecular weight is 290 g/mol. The van der Waals surface area contributed by atoms with Gasteiger partial charge >= 0.3 is 0 Å². The number of likely N-dealkylation sites (tertiary alicyclic amines) is 1. The van der Waals surface area contributed by atoms with Gasteiger partial charge in [-0.05, 0) is 52.4 Å². The van der Waals surface area contributed by atoms with Crippen molar-refractivity contribution >= 4 is 5.69 Å². The lowest BCUT2D eigenvalue weighted by Crippen LogP contribution is -2.55. The third kappa shape index (κ3) is 3.10. The molecule has 1 aliphatic carbocycles. The van der Waals surface area contributed by atoms with Crippen molar-refractivity contribution < 1.29 is 0 Å². The lowest BCUT2D eigenvalue weighted by atomic mass is 9.73. The standard InChI is InChI=1S/C17H30N4/c1-12(2)20-9-14-6-5-7-15(10-20)17(14)19-16-8-18-21(11-16)13(3)4/h8,11-15,17,19H,5-7,9-10H2,1-4H3. The predicted octanol–water partition coefficient (Wildman–Crippen LogP) is 3.38. The van der Waals surface area contributed by atoms with Crippen LogP contribution in [0.5, 0.6) is 0 Å². The van der Waals surface area contributed by atoms with Crippen molar-refractivity contribution in [2.45, 2.75) is 65.1 Å². The van der Waals surface area contributed by atoms with Gasteiger partial charge in [0.1, 0.15) is 0 Å². The van der Waals surface area contributed by atoms with Gasteiger partial charge in [-0.15, -0.1) is 0 Å². The Bertz CT molecular complexity index is 451. The topological polar surface area (TPSA) is 33.1 Å². The highest BCUT2D eigenvalue weighted by Crippen LogP contribution is 2.37. The summed E-state index contributed by atoms with van der Waals surface area (Å²) in [6, 6.07) is 1.75. The zero-order valence-electron chi connectivity index (χ0n) is 13.9. The Kier molecular flexibility index (Phi) is 4.25. The number of rotatable bonds is 4. The highest BCUT2D eigenvalue weighted by Gasteiger charge is 2.40. The molecule has 1 aromatic rings. The first-order chi connectivity index (χ1) is 10.0. The van der Waals surface area contributed by atoms with E-state index in [2.05, 4.69) is 49.2 Å². The van der Waals surface area contributed by atoms with Crippen LogP contribution in [0.3, 0.4) is 0 Å². The molecule has 1 saturated carbocycles. The molecule has 4 nitrogen and oxygen atoms in total. The maximum absolute atomic E-state index is 4.46. The van der Waals surface area contributed by atoms with Crippen LogP contribution in [-0.2, 0) is 0 Å². The van der Waals surface area contributed by atoms with Gasteiger partial charge in [0.15, 0.2) is 0 Å². The van der Waals surface area contributed by atoms with Crippen LogP contribution in [0.25, 0.3) is 0 Å². The Morgan fingerprint density at radius 2 is 1.76 bits per heavy atom. The van der Waals surface area contributed by atoms with Crippen molar-refractivity contribution in [2.24, 2.45) is 11.8 Å². The average Bonchev–Trinajstić information content (AvgIpc) is 2.86. The summed E-state index contributed by atoms with van der Waals surface area (Å²) >= 11 is 0. The van der Waals surface area contributed by atoms with Gasteiger partial charge in [0.2, 0.25) is 0 Å². The summed E-state index contributed by atoms with van der Waals surface area (Å²) in [4.78, 5) is 2.67. The van der Waals surface area contributed by atoms with E-state index in [1.807, 2.05) is 10.9 Å². The Morgan fingerprint density at radius 3 is 2.29 bits per heavy atom. The van der Waals surface area contributed by atoms with Crippen molar-refractivity contribution in [1.82, 2.24) is 14.7 Å². The molecule has 1 aliphatic heterocycles. The van der Waals surface area contributed by atoms with E-state index >= 15 is 0 Å². The van der Waals surface area contributed by atoms with Gasteiger partial charge in [-0.3, -0.25) is 4.68 Å². The number of piperidine rings is 1. The Morgan fingerprint density at radius 1 is 1.10 bits per heavy atom. The SMILES string of the molecule is CC(C)N1CC2CCCC(C1)C2Nc1cnn(C(C)C)c1. The molecule has 21 heavy (non-hydrogen) atoms. The molecule has 0 spiro atoms. The fourth-order valence-electron chi connectivity index (χ4n) is 4.02. The van der Waals surface area contributed by atoms with E-state index in [4.69, 9.17) is 0 Å². The molecule has 4 heteroatoms. The zero-order chi connectivity index (χ0) is 15.0. The van der Waals surface area contributed by atoms with E-state index in [9.17, 15) is 0 Å². The predicted molar refractivity (Wildman–Crippen MR) is 87.6 cm³/mol. The zero-order valence-corrected chi connectivity index (χ0v) is 13.9. The van der Waals surface area contributed by atoms with Crippen molar-refractivity contribution in [3.8, 4) is 0 Å². The lowest BCUT2D eigenvalue weighted by molar-refractivity contribution is 0.0518. The van der Waals surface area contributed by atoms with Crippen LogP contribution in [0.4, 0.5) is 5.69 Å². The van der Waals surface area contributed by atoms with Crippen molar-refractivity contribution in [3.63, 3.8) is 0 Å². The van der Waals surface area contributed by atoms with Crippen molar-refractivity contribution in [3.05, 3.63) is 12.4 Å². The smallest absolute Gasteiger partial charge is 0.0728 e. The summed E-state index contributed by atoms with van der Waals surface area (Å²) in [6.07, 6.45) is 8.30. The van der Waals surface area contributed by atoms with Gasteiger partial charge in [0.05, 0.1) is 11.9 Å². The summed E-state index contributed by atoms with van der Waals surface area (Å²) in [5.74, 6) is 1.59. The van der Waals surface area contributed by atoms with Crippen molar-refractivity contribution in [2.75, 3.05) is 18.4 Å². The van der Waals surface area contributed by atoms with Crippen LogP contribution in [0.2, 0.25) is 0 Å². The third-order valence-electron chi connectivity index (χ3n) is 5.30. The number of hydrogen-bond donors (Lipinski definition) is 1. The Balaban J connectivity index is 1.70. The second-order valence-electron chi connectivity index (χ2n) is 7.47. The molecule has 2 bridgehead atoms. The first-order valence-corrected chi connectivity index (χ1v) is 8.59. The second kappa shape index (κ2) is 5.99. The number of anilines is 1. The molecule has 0 aromatic carbocycles. The lowest BCUT2D eigenvalue weighted by Gasteiger charge is -2.49. The molecule has 2 unspecified atom stereocenters. The van der Waals surface area contributed by atoms with Crippen LogP contribution in [-0.4, -0.2) is 39.9 Å². The van der Waals surface area contributed by atoms with Crippen molar-refractivity contribution in [1.29, 1.82) is 0 Å². The number of nitrogens with zero attached hydrogens (tertiary/aromatic N) is 3. The fourth-order valence-corrected chi connectivity index (χ4v) is 4.02. The van der Waals surface area contributed by atoms with Crippen LogP contribution in [0, 0.1) is 11.8 Å². The molecule has 0 radical (unpaired) electrons. The quantitative estimate of drug-likeness (QED) is 0.923. The number of hydrogen-bond acceptors (Lipinski definition) is 3. The molecule has 2 aliphatic rings. The highest BCUT2D eigenvalue weighted by atomic mass is 15.3. The second-order valence-corrected chi connectivity index (χ2v) is 7.47. The first kappa shape index (κ1) is 14.9. The van der Waals surface area contributed by atoms with E-state index in [0.717, 1.165) is 11.8 Å². The Labute approximate surface area is 128 Å². The van der Waals surface area contributed by atoms with Gasteiger partial charge in [-0.2, -0.15) is 5.10 Å². The largest absolute Gasteiger partial charge is 0.379 e. The summed E-state index contributed by atoms with van der Waals surface area (Å²) in [5.41, 5.74) is 1.20. The molecule has 3 rings (SSSR count). The van der Waals surface area contributed by atoms with E-state index in [1.54, 1.807) is 0 Å². The minimum atomic E-state index is 0.433. The molecule has 1 saturated heterocycles. The van der Waals surface area contributed by atoms with Crippen LogP contribution in [0.15, 0.2) is 12.4 Å². The molecule has 1 N–H and O–H groups in total. The minimum absolute atomic E-state index is 0.433. The molecule has 118 valence electrons. The molecule has 2 heterocycles. The summed E-state index contributed by atoms with van der Waals surface area (Å²) in [6.45, 7) is 11.5. The van der Waals surface area contributed by atoms with Gasteiger partial charge < -0.3 is 10.2 Å². The van der Waals surface area contributed by atoms with Gasteiger partial charge in [-0.1, -0.05) is 6.42 Å². The molecular formula is C17H30N4. The monoisotopic (exact) mass is 290 g/mol. The Hall–Kier alpha value is -1.03. The van der Waals surface area contributed by atoms with Gasteiger partial charge in [0.25, 0.3) is 0 Å². The van der Waals surface area contributed by atoms with E-state index in [-0.39, 0.29) is 0 Å². The molecular weight excluding hydrogens is 260 g/mol. The maximum Gasteiger partial charge on any atom is 0.0728 e. The third-order valence-corrected chi connectivity index (χ3v) is 5.30. The van der Waals surface area contributed by atoms with Gasteiger partial charge in [0, 0.05) is 37.4 Å². The normalized spacial score (nSPS) is 30.1. The van der Waals surface area contributed by atoms with E-state index < -0.39 is 0 Å². The molecule has 2 atom stereocenters. The number of nitrogens with one attached hydrogen (secondary N) is 1. The van der Waals surface area contributed by atoms with Crippen LogP contribution in [0.1, 0.15) is 53.0 Å². The molecule has 1 aromatic heterocycles. The van der Waals surface area contributed by atoms with E-state index in [0.29, 0.717) is 18.1 Å². The van der Waals surface area contributed by atoms with E-state index in [1.165, 1.54) is 38.0 Å². The first-order valence-electron chi connectivity index (χ1n) is 8.59. The summed E-state index contributed by atoms with van der Waals surface area (Å²) in [5, 5.41) is 8.27. The molecule has 0 amide bonds. The van der Waals surface area contributed by atoms with Crippen LogP contribution < -0.4 is 5.32 Å². The maximum atomic E-state index is 4.46. The summed E-state index contributed by atoms with van der Waals surface area (Å²) < 4.78 is 2.04. The summed E-state index contributed by atoms with van der Waals surface area (Å²) in [7, 11) is 0. The van der Waals surface area contributed by atoms with Gasteiger partial charge in [-0.25, -0.2) is 0 Å². The molecule has 2 fully saturated rings. The fraction of sp³-hybridized carbons (Fsp3) is 0.824.